The molecule has 4 saturated carbocycles. The highest BCUT2D eigenvalue weighted by Gasteiger charge is 2.48. The van der Waals surface area contributed by atoms with Crippen LogP contribution in [0, 0.1) is 29.6 Å². The lowest BCUT2D eigenvalue weighted by Crippen LogP contribution is -2.47. The van der Waals surface area contributed by atoms with E-state index in [0.29, 0.717) is 0 Å². The first kappa shape index (κ1) is 21.3. The van der Waals surface area contributed by atoms with Crippen molar-refractivity contribution < 1.29 is 0 Å². The number of hydrogen-bond acceptors (Lipinski definition) is 1. The summed E-state index contributed by atoms with van der Waals surface area (Å²) in [5, 5.41) is 1.58. The first-order valence-corrected chi connectivity index (χ1v) is 16.6. The summed E-state index contributed by atoms with van der Waals surface area (Å²) in [5.74, 6) is 4.98. The fourth-order valence-corrected chi connectivity index (χ4v) is 9.18. The Bertz CT molecular complexity index is 1100. The highest BCUT2D eigenvalue weighted by molar-refractivity contribution is 6.89. The molecule has 0 unspecified atom stereocenters. The van der Waals surface area contributed by atoms with Crippen molar-refractivity contribution in [3.8, 4) is 22.4 Å². The summed E-state index contributed by atoms with van der Waals surface area (Å²) < 4.78 is 0. The monoisotopic (exact) mass is 451 g/mol. The summed E-state index contributed by atoms with van der Waals surface area (Å²) >= 11 is 0. The largest absolute Gasteiger partial charge is 0.256 e. The number of rotatable bonds is 5. The van der Waals surface area contributed by atoms with Gasteiger partial charge in [-0.05, 0) is 96.1 Å². The lowest BCUT2D eigenvalue weighted by molar-refractivity contribution is -0.0359. The predicted molar refractivity (Wildman–Crippen MR) is 142 cm³/mol. The number of hydrogen-bond donors (Lipinski definition) is 0. The van der Waals surface area contributed by atoms with Gasteiger partial charge in [-0.3, -0.25) is 4.98 Å². The minimum Gasteiger partial charge on any atom is -0.256 e. The van der Waals surface area contributed by atoms with Crippen LogP contribution in [0.15, 0.2) is 66.9 Å². The van der Waals surface area contributed by atoms with E-state index in [1.54, 1.807) is 10.8 Å². The molecule has 0 radical (unpaired) electrons. The van der Waals surface area contributed by atoms with Gasteiger partial charge in [-0.15, -0.1) is 0 Å². The number of nitrogens with zero attached hydrogens (tertiary/aromatic N) is 1. The molecule has 4 aliphatic rings. The summed E-state index contributed by atoms with van der Waals surface area (Å²) in [4.78, 5) is 5.00. The van der Waals surface area contributed by atoms with Gasteiger partial charge in [-0.1, -0.05) is 74.2 Å². The van der Waals surface area contributed by atoms with E-state index in [1.807, 2.05) is 0 Å². The molecule has 1 nitrogen and oxygen atoms in total. The lowest BCUT2D eigenvalue weighted by atomic mass is 9.51. The van der Waals surface area contributed by atoms with Crippen LogP contribution in [0.2, 0.25) is 19.6 Å². The maximum Gasteiger partial charge on any atom is 0.0799 e. The standard InChI is InChI=1S/C31H37NSi/c1-33(2,3)31-20-32-30(25-11-9-24(10-12-25)23-7-5-4-6-8-23)19-28(31)18-29-26-14-21-13-22(16-26)17-27(29)15-21/h4-12,19-22,26-27,29H,13-18H2,1-3H3. The Balaban J connectivity index is 1.31. The van der Waals surface area contributed by atoms with Crippen LogP contribution in [0.5, 0.6) is 0 Å². The molecule has 1 aromatic heterocycles. The van der Waals surface area contributed by atoms with Gasteiger partial charge in [0.05, 0.1) is 13.8 Å². The molecule has 4 aliphatic carbocycles. The Morgan fingerprint density at radius 3 is 1.91 bits per heavy atom. The highest BCUT2D eigenvalue weighted by Crippen LogP contribution is 2.57. The average molecular weight is 452 g/mol. The Hall–Kier alpha value is -2.19. The van der Waals surface area contributed by atoms with Crippen LogP contribution in [0.25, 0.3) is 22.4 Å². The van der Waals surface area contributed by atoms with E-state index < -0.39 is 8.07 Å². The minimum absolute atomic E-state index is 0.906. The van der Waals surface area contributed by atoms with Gasteiger partial charge in [0, 0.05) is 11.8 Å². The summed E-state index contributed by atoms with van der Waals surface area (Å²) in [6.07, 6.45) is 11.1. The van der Waals surface area contributed by atoms with Gasteiger partial charge in [0.2, 0.25) is 0 Å². The van der Waals surface area contributed by atoms with Gasteiger partial charge in [-0.25, -0.2) is 0 Å². The molecule has 0 N–H and O–H groups in total. The number of benzene rings is 2. The molecule has 0 saturated heterocycles. The molecule has 1 heterocycles. The molecule has 0 aliphatic heterocycles. The third-order valence-corrected chi connectivity index (χ3v) is 11.0. The molecule has 4 bridgehead atoms. The van der Waals surface area contributed by atoms with Crippen LogP contribution >= 0.6 is 0 Å². The van der Waals surface area contributed by atoms with Crippen LogP contribution < -0.4 is 5.19 Å². The van der Waals surface area contributed by atoms with Crippen molar-refractivity contribution in [3.63, 3.8) is 0 Å². The smallest absolute Gasteiger partial charge is 0.0799 e. The molecule has 7 rings (SSSR count). The Morgan fingerprint density at radius 1 is 0.727 bits per heavy atom. The molecule has 2 aromatic carbocycles. The topological polar surface area (TPSA) is 12.9 Å². The highest BCUT2D eigenvalue weighted by atomic mass is 28.3. The third-order valence-electron chi connectivity index (χ3n) is 8.96. The second-order valence-corrected chi connectivity index (χ2v) is 17.3. The van der Waals surface area contributed by atoms with Gasteiger partial charge in [0.25, 0.3) is 0 Å². The van der Waals surface area contributed by atoms with E-state index in [9.17, 15) is 0 Å². The summed E-state index contributed by atoms with van der Waals surface area (Å²) in [7, 11) is -1.44. The van der Waals surface area contributed by atoms with Gasteiger partial charge in [0.1, 0.15) is 0 Å². The predicted octanol–water partition coefficient (Wildman–Crippen LogP) is 7.58. The van der Waals surface area contributed by atoms with Gasteiger partial charge < -0.3 is 0 Å². The first-order chi connectivity index (χ1) is 15.9. The van der Waals surface area contributed by atoms with E-state index in [0.717, 1.165) is 35.3 Å². The molecule has 170 valence electrons. The zero-order valence-electron chi connectivity index (χ0n) is 20.4. The molecule has 2 heteroatoms. The van der Waals surface area contributed by atoms with Crippen molar-refractivity contribution in [2.75, 3.05) is 0 Å². The van der Waals surface area contributed by atoms with Crippen molar-refractivity contribution in [1.82, 2.24) is 4.98 Å². The van der Waals surface area contributed by atoms with Crippen LogP contribution in [0.3, 0.4) is 0 Å². The maximum absolute atomic E-state index is 5.00. The van der Waals surface area contributed by atoms with Crippen molar-refractivity contribution in [2.45, 2.75) is 58.2 Å². The molecule has 0 atom stereocenters. The molecule has 0 amide bonds. The third kappa shape index (κ3) is 4.12. The Morgan fingerprint density at radius 2 is 1.30 bits per heavy atom. The van der Waals surface area contributed by atoms with Crippen molar-refractivity contribution in [2.24, 2.45) is 29.6 Å². The normalized spacial score (nSPS) is 28.3. The van der Waals surface area contributed by atoms with Gasteiger partial charge in [-0.2, -0.15) is 0 Å². The van der Waals surface area contributed by atoms with E-state index in [4.69, 9.17) is 4.98 Å². The van der Waals surface area contributed by atoms with Crippen LogP contribution in [-0.4, -0.2) is 13.1 Å². The molecular formula is C31H37NSi. The molecule has 4 fully saturated rings. The van der Waals surface area contributed by atoms with E-state index in [-0.39, 0.29) is 0 Å². The fraction of sp³-hybridized carbons (Fsp3) is 0.452. The SMILES string of the molecule is C[Si](C)(C)c1cnc(-c2ccc(-c3ccccc3)cc2)cc1CC1C2CC3CC(C2)CC1C3. The molecular weight excluding hydrogens is 414 g/mol. The summed E-state index contributed by atoms with van der Waals surface area (Å²) in [6, 6.07) is 22.1. The quantitative estimate of drug-likeness (QED) is 0.364. The van der Waals surface area contributed by atoms with Crippen LogP contribution in [0.4, 0.5) is 0 Å². The van der Waals surface area contributed by atoms with E-state index in [1.165, 1.54) is 55.2 Å². The van der Waals surface area contributed by atoms with Crippen molar-refractivity contribution in [1.29, 1.82) is 0 Å². The van der Waals surface area contributed by atoms with E-state index in [2.05, 4.69) is 86.5 Å². The molecule has 0 spiro atoms. The zero-order chi connectivity index (χ0) is 22.6. The Labute approximate surface area is 200 Å². The maximum atomic E-state index is 5.00. The van der Waals surface area contributed by atoms with Gasteiger partial charge >= 0.3 is 0 Å². The average Bonchev–Trinajstić information content (AvgIpc) is 2.81. The lowest BCUT2D eigenvalue weighted by Gasteiger charge is -2.54. The van der Waals surface area contributed by atoms with Crippen molar-refractivity contribution in [3.05, 3.63) is 72.4 Å². The van der Waals surface area contributed by atoms with Crippen LogP contribution in [0.1, 0.15) is 37.7 Å². The van der Waals surface area contributed by atoms with Gasteiger partial charge in [0.15, 0.2) is 0 Å². The second kappa shape index (κ2) is 8.23. The van der Waals surface area contributed by atoms with Crippen molar-refractivity contribution >= 4 is 13.3 Å². The minimum atomic E-state index is -1.44. The fourth-order valence-electron chi connectivity index (χ4n) is 7.59. The molecule has 33 heavy (non-hydrogen) atoms. The van der Waals surface area contributed by atoms with E-state index >= 15 is 0 Å². The second-order valence-electron chi connectivity index (χ2n) is 12.2. The zero-order valence-corrected chi connectivity index (χ0v) is 21.4. The first-order valence-electron chi connectivity index (χ1n) is 13.1. The summed E-state index contributed by atoms with van der Waals surface area (Å²) in [5.41, 5.74) is 6.54. The number of pyridine rings is 1. The Kier molecular flexibility index (Phi) is 5.33. The number of aromatic nitrogens is 1. The van der Waals surface area contributed by atoms with Crippen LogP contribution in [-0.2, 0) is 6.42 Å². The molecule has 3 aromatic rings. The summed E-state index contributed by atoms with van der Waals surface area (Å²) in [6.45, 7) is 7.45.